The van der Waals surface area contributed by atoms with Crippen molar-refractivity contribution >= 4 is 5.82 Å². The normalized spacial score (nSPS) is 25.8. The van der Waals surface area contributed by atoms with Crippen molar-refractivity contribution in [1.82, 2.24) is 4.98 Å². The molecule has 18 heavy (non-hydrogen) atoms. The van der Waals surface area contributed by atoms with Crippen molar-refractivity contribution in [2.45, 2.75) is 51.7 Å². The number of aliphatic hydroxyl groups is 1. The average molecular weight is 248 g/mol. The van der Waals surface area contributed by atoms with Crippen LogP contribution in [0, 0.1) is 5.92 Å². The lowest BCUT2D eigenvalue weighted by atomic mass is 9.87. The molecule has 1 heterocycles. The predicted molar refractivity (Wildman–Crippen MR) is 74.7 cm³/mol. The summed E-state index contributed by atoms with van der Waals surface area (Å²) in [5.74, 6) is 1.89. The molecule has 0 aromatic carbocycles. The van der Waals surface area contributed by atoms with E-state index in [1.807, 2.05) is 12.1 Å². The Morgan fingerprint density at radius 3 is 2.44 bits per heavy atom. The highest BCUT2D eigenvalue weighted by Gasteiger charge is 2.22. The Kier molecular flexibility index (Phi) is 4.23. The van der Waals surface area contributed by atoms with Gasteiger partial charge in [-0.15, -0.1) is 0 Å². The zero-order chi connectivity index (χ0) is 13.1. The topological polar surface area (TPSA) is 36.4 Å². The van der Waals surface area contributed by atoms with Crippen LogP contribution in [-0.2, 0) is 0 Å². The van der Waals surface area contributed by atoms with E-state index in [-0.39, 0.29) is 0 Å². The maximum Gasteiger partial charge on any atom is 0.128 e. The molecule has 3 heteroatoms. The maximum absolute atomic E-state index is 9.48. The van der Waals surface area contributed by atoms with Gasteiger partial charge in [-0.05, 0) is 50.2 Å². The molecule has 1 unspecified atom stereocenters. The van der Waals surface area contributed by atoms with E-state index in [1.165, 1.54) is 25.7 Å². The monoisotopic (exact) mass is 248 g/mol. The molecule has 1 atom stereocenters. The Labute approximate surface area is 110 Å². The molecule has 1 aliphatic carbocycles. The van der Waals surface area contributed by atoms with Gasteiger partial charge in [-0.2, -0.15) is 0 Å². The second-order valence-electron chi connectivity index (χ2n) is 5.65. The van der Waals surface area contributed by atoms with Gasteiger partial charge < -0.3 is 10.0 Å². The Morgan fingerprint density at radius 2 is 1.94 bits per heavy atom. The third-order valence-corrected chi connectivity index (χ3v) is 4.15. The molecule has 0 amide bonds. The van der Waals surface area contributed by atoms with Gasteiger partial charge in [0.15, 0.2) is 0 Å². The van der Waals surface area contributed by atoms with Crippen LogP contribution in [0.3, 0.4) is 0 Å². The summed E-state index contributed by atoms with van der Waals surface area (Å²) in [4.78, 5) is 6.75. The van der Waals surface area contributed by atoms with Gasteiger partial charge in [0.2, 0.25) is 0 Å². The molecule has 1 fully saturated rings. The molecule has 0 radical (unpaired) electrons. The quantitative estimate of drug-likeness (QED) is 0.892. The molecule has 100 valence electrons. The maximum atomic E-state index is 9.48. The SMILES string of the molecule is CC1CCC(N(C)c2ccc(C(C)O)cn2)CC1. The van der Waals surface area contributed by atoms with E-state index in [4.69, 9.17) is 0 Å². The second kappa shape index (κ2) is 5.70. The first-order valence-electron chi connectivity index (χ1n) is 6.94. The summed E-state index contributed by atoms with van der Waals surface area (Å²) in [6.07, 6.45) is 6.51. The summed E-state index contributed by atoms with van der Waals surface area (Å²) in [7, 11) is 2.13. The fraction of sp³-hybridized carbons (Fsp3) is 0.667. The Morgan fingerprint density at radius 1 is 1.28 bits per heavy atom. The lowest BCUT2D eigenvalue weighted by molar-refractivity contribution is 0.199. The minimum Gasteiger partial charge on any atom is -0.389 e. The van der Waals surface area contributed by atoms with Gasteiger partial charge in [0.25, 0.3) is 0 Å². The lowest BCUT2D eigenvalue weighted by Gasteiger charge is -2.34. The number of aromatic nitrogens is 1. The van der Waals surface area contributed by atoms with Gasteiger partial charge >= 0.3 is 0 Å². The molecule has 1 aromatic rings. The van der Waals surface area contributed by atoms with Crippen molar-refractivity contribution in [3.8, 4) is 0 Å². The van der Waals surface area contributed by atoms with Gasteiger partial charge in [0.1, 0.15) is 5.82 Å². The van der Waals surface area contributed by atoms with Gasteiger partial charge in [-0.25, -0.2) is 4.98 Å². The summed E-state index contributed by atoms with van der Waals surface area (Å²) in [6, 6.07) is 4.60. The number of pyridine rings is 1. The number of hydrogen-bond acceptors (Lipinski definition) is 3. The minimum atomic E-state index is -0.438. The highest BCUT2D eigenvalue weighted by atomic mass is 16.3. The Hall–Kier alpha value is -1.09. The van der Waals surface area contributed by atoms with E-state index in [2.05, 4.69) is 23.9 Å². The molecule has 1 aromatic heterocycles. The van der Waals surface area contributed by atoms with Gasteiger partial charge in [-0.1, -0.05) is 13.0 Å². The number of rotatable bonds is 3. The van der Waals surface area contributed by atoms with Crippen LogP contribution >= 0.6 is 0 Å². The molecule has 0 saturated heterocycles. The Balaban J connectivity index is 2.02. The molecular weight excluding hydrogens is 224 g/mol. The van der Waals surface area contributed by atoms with Crippen LogP contribution in [0.2, 0.25) is 0 Å². The third kappa shape index (κ3) is 3.02. The first kappa shape index (κ1) is 13.3. The second-order valence-corrected chi connectivity index (χ2v) is 5.65. The fourth-order valence-corrected chi connectivity index (χ4v) is 2.67. The fourth-order valence-electron chi connectivity index (χ4n) is 2.67. The summed E-state index contributed by atoms with van der Waals surface area (Å²) in [5.41, 5.74) is 0.879. The molecule has 2 rings (SSSR count). The van der Waals surface area contributed by atoms with Crippen molar-refractivity contribution < 1.29 is 5.11 Å². The van der Waals surface area contributed by atoms with Crippen molar-refractivity contribution in [2.24, 2.45) is 5.92 Å². The van der Waals surface area contributed by atoms with Crippen LogP contribution in [0.25, 0.3) is 0 Å². The molecule has 0 bridgehead atoms. The van der Waals surface area contributed by atoms with Gasteiger partial charge in [0.05, 0.1) is 6.10 Å². The van der Waals surface area contributed by atoms with Gasteiger partial charge in [0, 0.05) is 19.3 Å². The van der Waals surface area contributed by atoms with E-state index in [0.29, 0.717) is 6.04 Å². The molecule has 0 aliphatic heterocycles. The highest BCUT2D eigenvalue weighted by molar-refractivity contribution is 5.40. The van der Waals surface area contributed by atoms with E-state index >= 15 is 0 Å². The smallest absolute Gasteiger partial charge is 0.128 e. The van der Waals surface area contributed by atoms with Gasteiger partial charge in [-0.3, -0.25) is 0 Å². The standard InChI is InChI=1S/C15H24N2O/c1-11-4-7-14(8-5-11)17(3)15-9-6-13(10-16-15)12(2)18/h6,9-12,14,18H,4-5,7-8H2,1-3H3. The van der Waals surface area contributed by atoms with E-state index in [0.717, 1.165) is 17.3 Å². The zero-order valence-corrected chi connectivity index (χ0v) is 11.6. The first-order valence-corrected chi connectivity index (χ1v) is 6.94. The molecular formula is C15H24N2O. The number of aliphatic hydroxyl groups excluding tert-OH is 1. The Bertz CT molecular complexity index is 367. The molecule has 0 spiro atoms. The summed E-state index contributed by atoms with van der Waals surface area (Å²) < 4.78 is 0. The van der Waals surface area contributed by atoms with Crippen molar-refractivity contribution in [3.63, 3.8) is 0 Å². The third-order valence-electron chi connectivity index (χ3n) is 4.15. The molecule has 1 saturated carbocycles. The van der Waals surface area contributed by atoms with Crippen LogP contribution in [0.5, 0.6) is 0 Å². The largest absolute Gasteiger partial charge is 0.389 e. The van der Waals surface area contributed by atoms with E-state index in [9.17, 15) is 5.11 Å². The molecule has 1 N–H and O–H groups in total. The minimum absolute atomic E-state index is 0.438. The van der Waals surface area contributed by atoms with Crippen LogP contribution in [0.15, 0.2) is 18.3 Å². The highest BCUT2D eigenvalue weighted by Crippen LogP contribution is 2.28. The van der Waals surface area contributed by atoms with Crippen LogP contribution in [0.1, 0.15) is 51.2 Å². The van der Waals surface area contributed by atoms with E-state index < -0.39 is 6.10 Å². The summed E-state index contributed by atoms with van der Waals surface area (Å²) in [6.45, 7) is 4.11. The van der Waals surface area contributed by atoms with Crippen molar-refractivity contribution in [2.75, 3.05) is 11.9 Å². The van der Waals surface area contributed by atoms with Crippen molar-refractivity contribution in [3.05, 3.63) is 23.9 Å². The summed E-state index contributed by atoms with van der Waals surface area (Å²) in [5, 5.41) is 9.48. The summed E-state index contributed by atoms with van der Waals surface area (Å²) >= 11 is 0. The number of hydrogen-bond donors (Lipinski definition) is 1. The van der Waals surface area contributed by atoms with Crippen molar-refractivity contribution in [1.29, 1.82) is 0 Å². The molecule has 1 aliphatic rings. The zero-order valence-electron chi connectivity index (χ0n) is 11.6. The van der Waals surface area contributed by atoms with Crippen LogP contribution in [-0.4, -0.2) is 23.2 Å². The molecule has 3 nitrogen and oxygen atoms in total. The number of anilines is 1. The van der Waals surface area contributed by atoms with E-state index in [1.54, 1.807) is 13.1 Å². The first-order chi connectivity index (χ1) is 8.58. The number of nitrogens with zero attached hydrogens (tertiary/aromatic N) is 2. The predicted octanol–water partition coefficient (Wildman–Crippen LogP) is 3.15. The lowest BCUT2D eigenvalue weighted by Crippen LogP contribution is -2.35. The van der Waals surface area contributed by atoms with Crippen LogP contribution < -0.4 is 4.90 Å². The average Bonchev–Trinajstić information content (AvgIpc) is 2.39. The van der Waals surface area contributed by atoms with Crippen LogP contribution in [0.4, 0.5) is 5.82 Å².